The normalized spacial score (nSPS) is 15.7. The molecule has 0 bridgehead atoms. The monoisotopic (exact) mass is 363 g/mol. The van der Waals surface area contributed by atoms with E-state index in [-0.39, 0.29) is 5.82 Å². The van der Waals surface area contributed by atoms with Crippen LogP contribution in [0.2, 0.25) is 0 Å². The lowest BCUT2D eigenvalue weighted by molar-refractivity contribution is -0.137. The summed E-state index contributed by atoms with van der Waals surface area (Å²) in [4.78, 5) is 4.13. The Labute approximate surface area is 149 Å². The second-order valence-electron chi connectivity index (χ2n) is 6.22. The molecule has 1 fully saturated rings. The summed E-state index contributed by atoms with van der Waals surface area (Å²) in [5.74, 6) is -0.373. The molecule has 0 aromatic heterocycles. The number of halogens is 4. The van der Waals surface area contributed by atoms with Crippen LogP contribution in [0.1, 0.15) is 16.7 Å². The van der Waals surface area contributed by atoms with Crippen LogP contribution in [0.15, 0.2) is 42.5 Å². The van der Waals surface area contributed by atoms with Crippen molar-refractivity contribution in [3.8, 4) is 6.07 Å². The van der Waals surface area contributed by atoms with Crippen LogP contribution < -0.4 is 4.90 Å². The van der Waals surface area contributed by atoms with Crippen LogP contribution in [0, 0.1) is 17.1 Å². The summed E-state index contributed by atoms with van der Waals surface area (Å²) in [5.41, 5.74) is 1.20. The highest BCUT2D eigenvalue weighted by molar-refractivity contribution is 5.48. The average Bonchev–Trinajstić information content (AvgIpc) is 2.62. The first-order valence-electron chi connectivity index (χ1n) is 8.20. The van der Waals surface area contributed by atoms with Crippen LogP contribution in [-0.2, 0) is 12.7 Å². The highest BCUT2D eigenvalue weighted by atomic mass is 19.4. The molecule has 1 aliphatic heterocycles. The van der Waals surface area contributed by atoms with Gasteiger partial charge in [0.1, 0.15) is 5.82 Å². The van der Waals surface area contributed by atoms with Crippen LogP contribution in [0.25, 0.3) is 0 Å². The molecule has 0 radical (unpaired) electrons. The molecule has 0 saturated carbocycles. The predicted octanol–water partition coefficient (Wildman–Crippen LogP) is 4.04. The number of nitriles is 1. The molecule has 0 aliphatic carbocycles. The van der Waals surface area contributed by atoms with Crippen LogP contribution in [0.5, 0.6) is 0 Å². The fraction of sp³-hybridized carbons (Fsp3) is 0.316. The van der Waals surface area contributed by atoms with Gasteiger partial charge in [-0.3, -0.25) is 4.90 Å². The Bertz CT molecular complexity index is 801. The molecule has 3 nitrogen and oxygen atoms in total. The van der Waals surface area contributed by atoms with E-state index in [0.717, 1.165) is 17.8 Å². The van der Waals surface area contributed by atoms with E-state index in [1.54, 1.807) is 0 Å². The van der Waals surface area contributed by atoms with Gasteiger partial charge in [0.05, 0.1) is 17.2 Å². The average molecular weight is 363 g/mol. The molecule has 26 heavy (non-hydrogen) atoms. The Morgan fingerprint density at radius 3 is 2.19 bits per heavy atom. The zero-order valence-corrected chi connectivity index (χ0v) is 13.9. The Morgan fingerprint density at radius 2 is 1.62 bits per heavy atom. The molecule has 0 amide bonds. The molecule has 0 spiro atoms. The van der Waals surface area contributed by atoms with Crippen LogP contribution in [0.3, 0.4) is 0 Å². The molecule has 0 N–H and O–H groups in total. The van der Waals surface area contributed by atoms with E-state index in [1.165, 1.54) is 30.3 Å². The molecule has 1 saturated heterocycles. The first-order chi connectivity index (χ1) is 12.4. The summed E-state index contributed by atoms with van der Waals surface area (Å²) in [5, 5.41) is 9.13. The number of rotatable bonds is 3. The van der Waals surface area contributed by atoms with Crippen LogP contribution in [0.4, 0.5) is 23.2 Å². The molecule has 136 valence electrons. The van der Waals surface area contributed by atoms with Gasteiger partial charge in [-0.05, 0) is 48.0 Å². The fourth-order valence-corrected chi connectivity index (χ4v) is 3.07. The van der Waals surface area contributed by atoms with Gasteiger partial charge in [-0.25, -0.2) is 4.39 Å². The quantitative estimate of drug-likeness (QED) is 0.771. The van der Waals surface area contributed by atoms with Gasteiger partial charge in [0.15, 0.2) is 0 Å². The third-order valence-corrected chi connectivity index (χ3v) is 4.51. The highest BCUT2D eigenvalue weighted by Gasteiger charge is 2.30. The van der Waals surface area contributed by atoms with Crippen molar-refractivity contribution < 1.29 is 17.6 Å². The molecule has 0 unspecified atom stereocenters. The maximum absolute atomic E-state index is 13.4. The summed E-state index contributed by atoms with van der Waals surface area (Å²) in [7, 11) is 0. The van der Waals surface area contributed by atoms with Gasteiger partial charge in [-0.2, -0.15) is 18.4 Å². The van der Waals surface area contributed by atoms with Crippen LogP contribution >= 0.6 is 0 Å². The number of anilines is 1. The Balaban J connectivity index is 1.61. The molecule has 2 aromatic carbocycles. The van der Waals surface area contributed by atoms with Crippen molar-refractivity contribution in [2.24, 2.45) is 0 Å². The predicted molar refractivity (Wildman–Crippen MR) is 90.0 cm³/mol. The molecular formula is C19H17F4N3. The van der Waals surface area contributed by atoms with E-state index in [2.05, 4.69) is 11.0 Å². The maximum atomic E-state index is 13.4. The minimum absolute atomic E-state index is 0.373. The van der Waals surface area contributed by atoms with Crippen molar-refractivity contribution in [2.75, 3.05) is 31.1 Å². The third kappa shape index (κ3) is 4.14. The molecule has 7 heteroatoms. The first kappa shape index (κ1) is 18.2. The van der Waals surface area contributed by atoms with Crippen molar-refractivity contribution in [3.05, 3.63) is 65.0 Å². The Morgan fingerprint density at radius 1 is 0.962 bits per heavy atom. The van der Waals surface area contributed by atoms with E-state index in [0.29, 0.717) is 43.9 Å². The van der Waals surface area contributed by atoms with Gasteiger partial charge in [0, 0.05) is 38.4 Å². The van der Waals surface area contributed by atoms with Crippen molar-refractivity contribution in [1.29, 1.82) is 5.26 Å². The van der Waals surface area contributed by atoms with E-state index in [1.807, 2.05) is 4.90 Å². The topological polar surface area (TPSA) is 30.3 Å². The molecule has 1 aliphatic rings. The minimum Gasteiger partial charge on any atom is -0.369 e. The van der Waals surface area contributed by atoms with Gasteiger partial charge >= 0.3 is 6.18 Å². The van der Waals surface area contributed by atoms with Crippen molar-refractivity contribution in [3.63, 3.8) is 0 Å². The van der Waals surface area contributed by atoms with Gasteiger partial charge in [-0.15, -0.1) is 0 Å². The lowest BCUT2D eigenvalue weighted by atomic mass is 10.1. The number of benzene rings is 2. The summed E-state index contributed by atoms with van der Waals surface area (Å²) in [6.07, 6.45) is -4.33. The molecule has 3 rings (SSSR count). The number of hydrogen-bond acceptors (Lipinski definition) is 3. The smallest absolute Gasteiger partial charge is 0.369 e. The van der Waals surface area contributed by atoms with E-state index in [4.69, 9.17) is 5.26 Å². The minimum atomic E-state index is -4.33. The van der Waals surface area contributed by atoms with Crippen molar-refractivity contribution >= 4 is 5.69 Å². The van der Waals surface area contributed by atoms with Gasteiger partial charge < -0.3 is 4.90 Å². The largest absolute Gasteiger partial charge is 0.416 e. The summed E-state index contributed by atoms with van der Waals surface area (Å²) >= 11 is 0. The van der Waals surface area contributed by atoms with Crippen molar-refractivity contribution in [2.45, 2.75) is 12.7 Å². The first-order valence-corrected chi connectivity index (χ1v) is 8.20. The molecule has 0 atom stereocenters. The number of nitrogens with zero attached hydrogens (tertiary/aromatic N) is 3. The summed E-state index contributed by atoms with van der Waals surface area (Å²) in [6.45, 7) is 3.15. The Kier molecular flexibility index (Phi) is 5.14. The maximum Gasteiger partial charge on any atom is 0.416 e. The third-order valence-electron chi connectivity index (χ3n) is 4.51. The Hall–Kier alpha value is -2.59. The molecule has 2 aromatic rings. The number of piperazine rings is 1. The zero-order chi connectivity index (χ0) is 18.7. The van der Waals surface area contributed by atoms with E-state index < -0.39 is 11.7 Å². The van der Waals surface area contributed by atoms with Crippen LogP contribution in [-0.4, -0.2) is 31.1 Å². The fourth-order valence-electron chi connectivity index (χ4n) is 3.07. The zero-order valence-electron chi connectivity index (χ0n) is 13.9. The SMILES string of the molecule is N#Cc1ccc(F)cc1CN1CCN(c2ccc(C(F)(F)F)cc2)CC1. The van der Waals surface area contributed by atoms with E-state index >= 15 is 0 Å². The van der Waals surface area contributed by atoms with Gasteiger partial charge in [0.25, 0.3) is 0 Å². The lowest BCUT2D eigenvalue weighted by Crippen LogP contribution is -2.46. The second kappa shape index (κ2) is 7.34. The number of hydrogen-bond donors (Lipinski definition) is 0. The van der Waals surface area contributed by atoms with E-state index in [9.17, 15) is 17.6 Å². The summed E-state index contributed by atoms with van der Waals surface area (Å²) in [6, 6.07) is 11.3. The number of alkyl halides is 3. The molecular weight excluding hydrogens is 346 g/mol. The van der Waals surface area contributed by atoms with Crippen molar-refractivity contribution in [1.82, 2.24) is 4.90 Å². The standard InChI is InChI=1S/C19H17F4N3/c20-17-4-1-14(12-24)15(11-17)13-25-7-9-26(10-8-25)18-5-2-16(3-6-18)19(21,22)23/h1-6,11H,7-10,13H2. The lowest BCUT2D eigenvalue weighted by Gasteiger charge is -2.36. The van der Waals surface area contributed by atoms with Gasteiger partial charge in [-0.1, -0.05) is 0 Å². The second-order valence-corrected chi connectivity index (χ2v) is 6.22. The highest BCUT2D eigenvalue weighted by Crippen LogP contribution is 2.30. The van der Waals surface area contributed by atoms with Gasteiger partial charge in [0.2, 0.25) is 0 Å². The summed E-state index contributed by atoms with van der Waals surface area (Å²) < 4.78 is 51.3. The molecule has 1 heterocycles.